The lowest BCUT2D eigenvalue weighted by Crippen LogP contribution is -2.34. The second-order valence-corrected chi connectivity index (χ2v) is 7.53. The SMILES string of the molecule is CNC1CCC2=C1CN(S(=O)(=O)c1ccc(C)cc1)C2. The number of hydrogen-bond acceptors (Lipinski definition) is 3. The van der Waals surface area contributed by atoms with E-state index in [0.29, 0.717) is 24.0 Å². The van der Waals surface area contributed by atoms with Crippen LogP contribution in [0.15, 0.2) is 40.3 Å². The quantitative estimate of drug-likeness (QED) is 0.862. The first kappa shape index (κ1) is 13.8. The van der Waals surface area contributed by atoms with Gasteiger partial charge in [0.25, 0.3) is 0 Å². The summed E-state index contributed by atoms with van der Waals surface area (Å²) < 4.78 is 26.9. The molecule has 0 radical (unpaired) electrons. The monoisotopic (exact) mass is 292 g/mol. The van der Waals surface area contributed by atoms with Crippen molar-refractivity contribution in [2.45, 2.75) is 30.7 Å². The molecule has 1 aliphatic heterocycles. The van der Waals surface area contributed by atoms with E-state index in [1.54, 1.807) is 16.4 Å². The van der Waals surface area contributed by atoms with Crippen LogP contribution in [-0.2, 0) is 10.0 Å². The number of sulfonamides is 1. The Morgan fingerprint density at radius 2 is 1.90 bits per heavy atom. The Bertz CT molecular complexity index is 647. The first-order valence-electron chi connectivity index (χ1n) is 6.97. The number of benzene rings is 1. The van der Waals surface area contributed by atoms with E-state index in [9.17, 15) is 8.42 Å². The maximum atomic E-state index is 12.7. The summed E-state index contributed by atoms with van der Waals surface area (Å²) in [4.78, 5) is 0.394. The minimum absolute atomic E-state index is 0.350. The summed E-state index contributed by atoms with van der Waals surface area (Å²) in [5.41, 5.74) is 3.66. The van der Waals surface area contributed by atoms with Gasteiger partial charge in [-0.1, -0.05) is 23.3 Å². The van der Waals surface area contributed by atoms with Crippen molar-refractivity contribution in [2.24, 2.45) is 0 Å². The van der Waals surface area contributed by atoms with Crippen molar-refractivity contribution in [1.82, 2.24) is 9.62 Å². The lowest BCUT2D eigenvalue weighted by Gasteiger charge is -2.20. The second kappa shape index (κ2) is 4.98. The number of nitrogens with zero attached hydrogens (tertiary/aromatic N) is 1. The first-order chi connectivity index (χ1) is 9.52. The van der Waals surface area contributed by atoms with Crippen LogP contribution in [0.2, 0.25) is 0 Å². The third-order valence-corrected chi connectivity index (χ3v) is 6.14. The number of aryl methyl sites for hydroxylation is 1. The second-order valence-electron chi connectivity index (χ2n) is 5.59. The maximum Gasteiger partial charge on any atom is 0.243 e. The highest BCUT2D eigenvalue weighted by Gasteiger charge is 2.37. The Balaban J connectivity index is 1.83. The minimum Gasteiger partial charge on any atom is -0.313 e. The molecule has 0 fully saturated rings. The third-order valence-electron chi connectivity index (χ3n) is 4.33. The molecule has 4 nitrogen and oxygen atoms in total. The van der Waals surface area contributed by atoms with Gasteiger partial charge in [0.2, 0.25) is 10.0 Å². The topological polar surface area (TPSA) is 49.4 Å². The molecule has 1 N–H and O–H groups in total. The van der Waals surface area contributed by atoms with Crippen molar-refractivity contribution in [3.63, 3.8) is 0 Å². The van der Waals surface area contributed by atoms with Gasteiger partial charge in [-0.05, 0) is 44.5 Å². The molecule has 108 valence electrons. The fourth-order valence-corrected chi connectivity index (χ4v) is 4.52. The van der Waals surface area contributed by atoms with Gasteiger partial charge in [0, 0.05) is 19.1 Å². The standard InChI is InChI=1S/C15H20N2O2S/c1-11-3-6-13(7-4-11)20(18,19)17-9-12-5-8-15(16-2)14(12)10-17/h3-4,6-7,15-16H,5,8-10H2,1-2H3. The molecule has 5 heteroatoms. The molecule has 1 heterocycles. The molecule has 1 unspecified atom stereocenters. The average molecular weight is 292 g/mol. The van der Waals surface area contributed by atoms with Crippen LogP contribution in [0.5, 0.6) is 0 Å². The molecule has 0 amide bonds. The number of hydrogen-bond donors (Lipinski definition) is 1. The number of likely N-dealkylation sites (N-methyl/N-ethyl adjacent to an activating group) is 1. The Morgan fingerprint density at radius 1 is 1.20 bits per heavy atom. The minimum atomic E-state index is -3.37. The molecule has 0 aromatic heterocycles. The van der Waals surface area contributed by atoms with E-state index in [1.165, 1.54) is 11.1 Å². The van der Waals surface area contributed by atoms with Gasteiger partial charge in [0.15, 0.2) is 0 Å². The maximum absolute atomic E-state index is 12.7. The summed E-state index contributed by atoms with van der Waals surface area (Å²) in [7, 11) is -1.42. The van der Waals surface area contributed by atoms with Crippen molar-refractivity contribution >= 4 is 10.0 Å². The summed E-state index contributed by atoms with van der Waals surface area (Å²) in [5, 5.41) is 3.28. The summed E-state index contributed by atoms with van der Waals surface area (Å²) >= 11 is 0. The lowest BCUT2D eigenvalue weighted by molar-refractivity contribution is 0.460. The van der Waals surface area contributed by atoms with E-state index in [1.807, 2.05) is 26.1 Å². The highest BCUT2D eigenvalue weighted by atomic mass is 32.2. The highest BCUT2D eigenvalue weighted by Crippen LogP contribution is 2.35. The molecular weight excluding hydrogens is 272 g/mol. The molecule has 0 saturated heterocycles. The van der Waals surface area contributed by atoms with Crippen LogP contribution in [0.4, 0.5) is 0 Å². The third kappa shape index (κ3) is 2.20. The average Bonchev–Trinajstić information content (AvgIpc) is 2.99. The molecule has 0 bridgehead atoms. The fourth-order valence-electron chi connectivity index (χ4n) is 3.11. The van der Waals surface area contributed by atoms with Gasteiger partial charge >= 0.3 is 0 Å². The molecule has 1 atom stereocenters. The molecular formula is C15H20N2O2S. The van der Waals surface area contributed by atoms with Crippen molar-refractivity contribution in [1.29, 1.82) is 0 Å². The summed E-state index contributed by atoms with van der Waals surface area (Å²) in [6.45, 7) is 3.06. The van der Waals surface area contributed by atoms with E-state index in [0.717, 1.165) is 18.4 Å². The van der Waals surface area contributed by atoms with Gasteiger partial charge in [0.1, 0.15) is 0 Å². The zero-order chi connectivity index (χ0) is 14.3. The van der Waals surface area contributed by atoms with Crippen LogP contribution in [0, 0.1) is 6.92 Å². The molecule has 0 spiro atoms. The van der Waals surface area contributed by atoms with Crippen LogP contribution < -0.4 is 5.32 Å². The van der Waals surface area contributed by atoms with Gasteiger partial charge in [-0.2, -0.15) is 4.31 Å². The first-order valence-corrected chi connectivity index (χ1v) is 8.41. The van der Waals surface area contributed by atoms with Gasteiger partial charge in [-0.25, -0.2) is 8.42 Å². The zero-order valence-corrected chi connectivity index (χ0v) is 12.7. The normalized spacial score (nSPS) is 23.4. The van der Waals surface area contributed by atoms with Crippen LogP contribution >= 0.6 is 0 Å². The summed E-state index contributed by atoms with van der Waals surface area (Å²) in [6, 6.07) is 7.44. The van der Waals surface area contributed by atoms with E-state index in [2.05, 4.69) is 5.32 Å². The fraction of sp³-hybridized carbons (Fsp3) is 0.467. The van der Waals surface area contributed by atoms with Gasteiger partial charge in [-0.3, -0.25) is 0 Å². The van der Waals surface area contributed by atoms with E-state index in [-0.39, 0.29) is 0 Å². The van der Waals surface area contributed by atoms with Crippen molar-refractivity contribution < 1.29 is 8.42 Å². The highest BCUT2D eigenvalue weighted by molar-refractivity contribution is 7.89. The smallest absolute Gasteiger partial charge is 0.243 e. The zero-order valence-electron chi connectivity index (χ0n) is 11.9. The summed E-state index contributed by atoms with van der Waals surface area (Å²) in [5.74, 6) is 0. The predicted octanol–water partition coefficient (Wildman–Crippen LogP) is 1.68. The summed E-state index contributed by atoms with van der Waals surface area (Å²) in [6.07, 6.45) is 2.11. The number of nitrogens with one attached hydrogen (secondary N) is 1. The van der Waals surface area contributed by atoms with Crippen molar-refractivity contribution in [2.75, 3.05) is 20.1 Å². The van der Waals surface area contributed by atoms with Gasteiger partial charge < -0.3 is 5.32 Å². The van der Waals surface area contributed by atoms with E-state index < -0.39 is 10.0 Å². The lowest BCUT2D eigenvalue weighted by atomic mass is 10.1. The molecule has 3 rings (SSSR count). The van der Waals surface area contributed by atoms with Crippen LogP contribution in [0.3, 0.4) is 0 Å². The number of rotatable bonds is 3. The molecule has 20 heavy (non-hydrogen) atoms. The molecule has 1 aromatic rings. The molecule has 0 saturated carbocycles. The molecule has 1 aliphatic carbocycles. The van der Waals surface area contributed by atoms with Crippen LogP contribution in [0.1, 0.15) is 18.4 Å². The largest absolute Gasteiger partial charge is 0.313 e. The van der Waals surface area contributed by atoms with E-state index >= 15 is 0 Å². The van der Waals surface area contributed by atoms with Crippen molar-refractivity contribution in [3.8, 4) is 0 Å². The Morgan fingerprint density at radius 3 is 2.55 bits per heavy atom. The van der Waals surface area contributed by atoms with Gasteiger partial charge in [0.05, 0.1) is 4.90 Å². The van der Waals surface area contributed by atoms with E-state index in [4.69, 9.17) is 0 Å². The predicted molar refractivity (Wildman–Crippen MR) is 79.0 cm³/mol. The Labute approximate surface area is 120 Å². The van der Waals surface area contributed by atoms with Crippen LogP contribution in [-0.4, -0.2) is 38.9 Å². The molecule has 1 aromatic carbocycles. The van der Waals surface area contributed by atoms with Gasteiger partial charge in [-0.15, -0.1) is 0 Å². The Hall–Kier alpha value is -1.17. The van der Waals surface area contributed by atoms with Crippen molar-refractivity contribution in [3.05, 3.63) is 41.0 Å². The van der Waals surface area contributed by atoms with Crippen LogP contribution in [0.25, 0.3) is 0 Å². The molecule has 2 aliphatic rings. The Kier molecular flexibility index (Phi) is 3.44.